The number of nitrogen functional groups attached to an aromatic ring is 1. The molecule has 11 heteroatoms. The Hall–Kier alpha value is -3.47. The standard InChI is InChI=1S/C22H27N9O2/c1-14-17(20-24-7-9-33-20)26-21(23)31-19(14)27-18(28-31)15-4-2-8-29(11-15)16-10-25-30(12-16)13-22(32)5-3-6-22/h7,9-10,12,15,32H,2-6,8,11,13H2,1H3,(H2,23,26)/t15-/m1/s1. The van der Waals surface area contributed by atoms with Crippen molar-refractivity contribution >= 4 is 17.3 Å². The quantitative estimate of drug-likeness (QED) is 0.469. The molecule has 0 aromatic carbocycles. The molecule has 1 aliphatic heterocycles. The Morgan fingerprint density at radius 1 is 1.27 bits per heavy atom. The highest BCUT2D eigenvalue weighted by molar-refractivity contribution is 5.65. The molecule has 1 aliphatic carbocycles. The van der Waals surface area contributed by atoms with Crippen LogP contribution >= 0.6 is 0 Å². The summed E-state index contributed by atoms with van der Waals surface area (Å²) in [5.74, 6) is 1.60. The minimum absolute atomic E-state index is 0.168. The molecule has 11 nitrogen and oxygen atoms in total. The van der Waals surface area contributed by atoms with E-state index in [0.29, 0.717) is 23.8 Å². The molecule has 4 aromatic rings. The normalized spacial score (nSPS) is 20.3. The first kappa shape index (κ1) is 20.2. The first-order chi connectivity index (χ1) is 16.0. The predicted molar refractivity (Wildman–Crippen MR) is 121 cm³/mol. The van der Waals surface area contributed by atoms with Gasteiger partial charge in [-0.3, -0.25) is 4.68 Å². The maximum atomic E-state index is 10.4. The Labute approximate surface area is 190 Å². The molecule has 172 valence electrons. The van der Waals surface area contributed by atoms with Crippen molar-refractivity contribution in [1.82, 2.24) is 34.3 Å². The fraction of sp³-hybridized carbons (Fsp3) is 0.500. The fourth-order valence-electron chi connectivity index (χ4n) is 4.87. The topological polar surface area (TPSA) is 136 Å². The van der Waals surface area contributed by atoms with E-state index in [2.05, 4.69) is 20.0 Å². The van der Waals surface area contributed by atoms with E-state index in [1.807, 2.05) is 24.0 Å². The molecular weight excluding hydrogens is 422 g/mol. The summed E-state index contributed by atoms with van der Waals surface area (Å²) in [5, 5.41) is 19.6. The van der Waals surface area contributed by atoms with Gasteiger partial charge in [-0.25, -0.2) is 15.0 Å². The van der Waals surface area contributed by atoms with Crippen molar-refractivity contribution in [3.8, 4) is 11.6 Å². The van der Waals surface area contributed by atoms with Crippen molar-refractivity contribution in [2.75, 3.05) is 23.7 Å². The Kier molecular flexibility index (Phi) is 4.61. The molecular formula is C22H27N9O2. The van der Waals surface area contributed by atoms with Crippen molar-refractivity contribution in [2.24, 2.45) is 0 Å². The first-order valence-electron chi connectivity index (χ1n) is 11.4. The third-order valence-corrected chi connectivity index (χ3v) is 6.90. The van der Waals surface area contributed by atoms with E-state index in [1.54, 1.807) is 10.7 Å². The highest BCUT2D eigenvalue weighted by Crippen LogP contribution is 2.34. The van der Waals surface area contributed by atoms with Crippen molar-refractivity contribution in [2.45, 2.75) is 57.1 Å². The number of hydrogen-bond acceptors (Lipinski definition) is 9. The van der Waals surface area contributed by atoms with Gasteiger partial charge in [-0.2, -0.15) is 9.61 Å². The SMILES string of the molecule is Cc1c(-c2ncco2)nc(N)n2nc([C@@H]3CCCN(c4cnn(CC5(O)CCC5)c4)C3)nc12. The van der Waals surface area contributed by atoms with Crippen LogP contribution in [0.25, 0.3) is 17.2 Å². The molecule has 2 aliphatic rings. The van der Waals surface area contributed by atoms with Crippen LogP contribution in [0.1, 0.15) is 49.4 Å². The minimum atomic E-state index is -0.593. The van der Waals surface area contributed by atoms with Crippen LogP contribution in [0.5, 0.6) is 0 Å². The number of aliphatic hydroxyl groups is 1. The van der Waals surface area contributed by atoms with Gasteiger partial charge in [-0.1, -0.05) is 0 Å². The zero-order chi connectivity index (χ0) is 22.6. The third kappa shape index (κ3) is 3.52. The van der Waals surface area contributed by atoms with E-state index in [1.165, 1.54) is 6.26 Å². The molecule has 4 aromatic heterocycles. The fourth-order valence-corrected chi connectivity index (χ4v) is 4.87. The van der Waals surface area contributed by atoms with E-state index < -0.39 is 5.60 Å². The van der Waals surface area contributed by atoms with Crippen LogP contribution in [-0.4, -0.2) is 58.1 Å². The molecule has 3 N–H and O–H groups in total. The van der Waals surface area contributed by atoms with Crippen molar-refractivity contribution in [3.63, 3.8) is 0 Å². The van der Waals surface area contributed by atoms with Crippen LogP contribution in [0, 0.1) is 6.92 Å². The summed E-state index contributed by atoms with van der Waals surface area (Å²) in [6, 6.07) is 0. The Morgan fingerprint density at radius 3 is 2.91 bits per heavy atom. The number of anilines is 2. The lowest BCUT2D eigenvalue weighted by Gasteiger charge is -2.36. The second kappa shape index (κ2) is 7.55. The molecule has 6 rings (SSSR count). The number of hydrogen-bond donors (Lipinski definition) is 2. The zero-order valence-electron chi connectivity index (χ0n) is 18.6. The van der Waals surface area contributed by atoms with Crippen molar-refractivity contribution < 1.29 is 9.52 Å². The van der Waals surface area contributed by atoms with E-state index in [4.69, 9.17) is 20.2 Å². The number of oxazole rings is 1. The molecule has 1 atom stereocenters. The summed E-state index contributed by atoms with van der Waals surface area (Å²) < 4.78 is 8.88. The Morgan fingerprint density at radius 2 is 2.15 bits per heavy atom. The monoisotopic (exact) mass is 449 g/mol. The number of nitrogens with zero attached hydrogens (tertiary/aromatic N) is 8. The van der Waals surface area contributed by atoms with Crippen LogP contribution < -0.4 is 10.6 Å². The van der Waals surface area contributed by atoms with Gasteiger partial charge >= 0.3 is 0 Å². The molecule has 2 fully saturated rings. The minimum Gasteiger partial charge on any atom is -0.443 e. The van der Waals surface area contributed by atoms with E-state index >= 15 is 0 Å². The molecule has 1 saturated heterocycles. The number of rotatable bonds is 5. The molecule has 1 saturated carbocycles. The molecule has 0 unspecified atom stereocenters. The Bertz CT molecular complexity index is 1290. The smallest absolute Gasteiger partial charge is 0.245 e. The summed E-state index contributed by atoms with van der Waals surface area (Å²) in [5.41, 5.74) is 8.75. The second-order valence-electron chi connectivity index (χ2n) is 9.25. The van der Waals surface area contributed by atoms with Gasteiger partial charge < -0.3 is 20.2 Å². The number of aromatic nitrogens is 7. The maximum absolute atomic E-state index is 10.4. The van der Waals surface area contributed by atoms with E-state index in [9.17, 15) is 5.11 Å². The third-order valence-electron chi connectivity index (χ3n) is 6.90. The Balaban J connectivity index is 1.25. The van der Waals surface area contributed by atoms with Gasteiger partial charge in [0.2, 0.25) is 11.8 Å². The number of fused-ring (bicyclic) bond motifs is 1. The summed E-state index contributed by atoms with van der Waals surface area (Å²) in [7, 11) is 0. The van der Waals surface area contributed by atoms with Gasteiger partial charge in [0, 0.05) is 30.8 Å². The van der Waals surface area contributed by atoms with Crippen LogP contribution in [0.3, 0.4) is 0 Å². The summed E-state index contributed by atoms with van der Waals surface area (Å²) in [6.45, 7) is 4.23. The zero-order valence-corrected chi connectivity index (χ0v) is 18.6. The number of nitrogens with two attached hydrogens (primary N) is 1. The number of aryl methyl sites for hydroxylation is 1. The van der Waals surface area contributed by atoms with Gasteiger partial charge in [0.15, 0.2) is 11.5 Å². The largest absolute Gasteiger partial charge is 0.443 e. The van der Waals surface area contributed by atoms with E-state index in [-0.39, 0.29) is 11.9 Å². The average Bonchev–Trinajstić information content (AvgIpc) is 3.56. The van der Waals surface area contributed by atoms with Crippen molar-refractivity contribution in [1.29, 1.82) is 0 Å². The highest BCUT2D eigenvalue weighted by Gasteiger charge is 2.35. The number of piperidine rings is 1. The second-order valence-corrected chi connectivity index (χ2v) is 9.25. The van der Waals surface area contributed by atoms with E-state index in [0.717, 1.165) is 62.3 Å². The van der Waals surface area contributed by atoms with Crippen LogP contribution in [0.4, 0.5) is 11.6 Å². The highest BCUT2D eigenvalue weighted by atomic mass is 16.3. The first-order valence-corrected chi connectivity index (χ1v) is 11.4. The lowest BCUT2D eigenvalue weighted by Crippen LogP contribution is -2.41. The molecule has 0 bridgehead atoms. The molecule has 0 radical (unpaired) electrons. The maximum Gasteiger partial charge on any atom is 0.245 e. The van der Waals surface area contributed by atoms with Crippen LogP contribution in [-0.2, 0) is 6.54 Å². The summed E-state index contributed by atoms with van der Waals surface area (Å²) >= 11 is 0. The van der Waals surface area contributed by atoms with Crippen LogP contribution in [0.2, 0.25) is 0 Å². The molecule has 0 amide bonds. The lowest BCUT2D eigenvalue weighted by atomic mass is 9.80. The van der Waals surface area contributed by atoms with Gasteiger partial charge in [0.1, 0.15) is 12.0 Å². The average molecular weight is 450 g/mol. The van der Waals surface area contributed by atoms with Gasteiger partial charge in [0.25, 0.3) is 0 Å². The molecule has 0 spiro atoms. The van der Waals surface area contributed by atoms with Crippen LogP contribution in [0.15, 0.2) is 29.3 Å². The summed E-state index contributed by atoms with van der Waals surface area (Å²) in [4.78, 5) is 15.8. The molecule has 33 heavy (non-hydrogen) atoms. The summed E-state index contributed by atoms with van der Waals surface area (Å²) in [6.07, 6.45) is 11.8. The van der Waals surface area contributed by atoms with Gasteiger partial charge in [0.05, 0.1) is 30.2 Å². The predicted octanol–water partition coefficient (Wildman–Crippen LogP) is 2.17. The van der Waals surface area contributed by atoms with Gasteiger partial charge in [-0.15, -0.1) is 5.10 Å². The van der Waals surface area contributed by atoms with Crippen molar-refractivity contribution in [3.05, 3.63) is 36.2 Å². The lowest BCUT2D eigenvalue weighted by molar-refractivity contribution is -0.0498. The molecule has 5 heterocycles. The van der Waals surface area contributed by atoms with Gasteiger partial charge in [-0.05, 0) is 39.0 Å².